The fraction of sp³-hybridized carbons (Fsp3) is 0.556. The summed E-state index contributed by atoms with van der Waals surface area (Å²) in [6.07, 6.45) is 3.80. The van der Waals surface area contributed by atoms with E-state index in [0.717, 1.165) is 31.4 Å². The monoisotopic (exact) mass is 367 g/mol. The number of para-hydroxylation sites is 2. The molecule has 1 aliphatic heterocycles. The Hall–Kier alpha value is -1.79. The molecule has 1 unspecified atom stereocenters. The van der Waals surface area contributed by atoms with Crippen LogP contribution in [0.5, 0.6) is 5.75 Å². The van der Waals surface area contributed by atoms with E-state index >= 15 is 0 Å². The Kier molecular flexibility index (Phi) is 6.30. The molecule has 6 nitrogen and oxygen atoms in total. The first-order valence-corrected chi connectivity index (χ1v) is 8.63. The van der Waals surface area contributed by atoms with Gasteiger partial charge in [0.1, 0.15) is 5.75 Å². The van der Waals surface area contributed by atoms with Crippen molar-refractivity contribution < 1.29 is 14.3 Å². The number of hydrogen-bond donors (Lipinski definition) is 2. The minimum atomic E-state index is -0.534. The van der Waals surface area contributed by atoms with Crippen molar-refractivity contribution >= 4 is 29.9 Å². The summed E-state index contributed by atoms with van der Waals surface area (Å²) in [6, 6.07) is 7.42. The van der Waals surface area contributed by atoms with Crippen molar-refractivity contribution in [3.63, 3.8) is 0 Å². The number of halogens is 1. The van der Waals surface area contributed by atoms with Gasteiger partial charge in [-0.25, -0.2) is 0 Å². The van der Waals surface area contributed by atoms with Crippen LogP contribution in [0.25, 0.3) is 0 Å². The standard InChI is InChI=1S/C18H25N3O3.ClH/c1-13-17(23)21(14-6-2-3-7-15(14)24-13)11-8-16(22)20-18(12-19)9-4-5-10-18;/h2-3,6-7,13H,4-5,8-12,19H2,1H3,(H,20,22);1H. The van der Waals surface area contributed by atoms with Gasteiger partial charge in [-0.1, -0.05) is 25.0 Å². The van der Waals surface area contributed by atoms with Gasteiger partial charge in [0.25, 0.3) is 5.91 Å². The first-order chi connectivity index (χ1) is 11.5. The van der Waals surface area contributed by atoms with Crippen LogP contribution in [0.4, 0.5) is 5.69 Å². The lowest BCUT2D eigenvalue weighted by atomic mass is 9.97. The number of amides is 2. The van der Waals surface area contributed by atoms with Crippen LogP contribution in [0, 0.1) is 0 Å². The normalized spacial score (nSPS) is 21.1. The maximum absolute atomic E-state index is 12.4. The van der Waals surface area contributed by atoms with Crippen molar-refractivity contribution in [2.24, 2.45) is 5.73 Å². The zero-order valence-corrected chi connectivity index (χ0v) is 15.3. The number of fused-ring (bicyclic) bond motifs is 1. The number of benzene rings is 1. The third-order valence-electron chi connectivity index (χ3n) is 4.99. The highest BCUT2D eigenvalue weighted by Gasteiger charge is 2.35. The topological polar surface area (TPSA) is 84.7 Å². The van der Waals surface area contributed by atoms with Gasteiger partial charge in [0.2, 0.25) is 5.91 Å². The van der Waals surface area contributed by atoms with Crippen molar-refractivity contribution in [3.05, 3.63) is 24.3 Å². The highest BCUT2D eigenvalue weighted by molar-refractivity contribution is 6.00. The van der Waals surface area contributed by atoms with E-state index in [1.807, 2.05) is 24.3 Å². The molecule has 138 valence electrons. The number of carbonyl (C=O) groups excluding carboxylic acids is 2. The van der Waals surface area contributed by atoms with E-state index in [1.54, 1.807) is 11.8 Å². The fourth-order valence-corrected chi connectivity index (χ4v) is 3.59. The third kappa shape index (κ3) is 4.07. The van der Waals surface area contributed by atoms with Crippen LogP contribution in [-0.4, -0.2) is 36.5 Å². The summed E-state index contributed by atoms with van der Waals surface area (Å²) in [6.45, 7) is 2.54. The second-order valence-electron chi connectivity index (χ2n) is 6.71. The van der Waals surface area contributed by atoms with Gasteiger partial charge in [0.15, 0.2) is 6.10 Å². The molecule has 25 heavy (non-hydrogen) atoms. The van der Waals surface area contributed by atoms with Gasteiger partial charge in [0, 0.05) is 19.5 Å². The molecule has 0 radical (unpaired) electrons. The smallest absolute Gasteiger partial charge is 0.267 e. The average molecular weight is 368 g/mol. The summed E-state index contributed by atoms with van der Waals surface area (Å²) in [4.78, 5) is 26.4. The number of hydrogen-bond acceptors (Lipinski definition) is 4. The van der Waals surface area contributed by atoms with Crippen molar-refractivity contribution in [2.45, 2.75) is 50.7 Å². The Morgan fingerprint density at radius 1 is 1.36 bits per heavy atom. The van der Waals surface area contributed by atoms with E-state index in [4.69, 9.17) is 10.5 Å². The van der Waals surface area contributed by atoms with E-state index in [2.05, 4.69) is 5.32 Å². The molecule has 3 rings (SSSR count). The lowest BCUT2D eigenvalue weighted by Gasteiger charge is -2.33. The van der Waals surface area contributed by atoms with Crippen LogP contribution in [-0.2, 0) is 9.59 Å². The minimum Gasteiger partial charge on any atom is -0.479 e. The van der Waals surface area contributed by atoms with Crippen LogP contribution in [0.3, 0.4) is 0 Å². The maximum atomic E-state index is 12.4. The van der Waals surface area contributed by atoms with E-state index in [1.165, 1.54) is 0 Å². The second-order valence-corrected chi connectivity index (χ2v) is 6.71. The molecule has 0 bridgehead atoms. The molecule has 1 saturated carbocycles. The van der Waals surface area contributed by atoms with Crippen LogP contribution in [0.15, 0.2) is 24.3 Å². The summed E-state index contributed by atoms with van der Waals surface area (Å²) in [7, 11) is 0. The summed E-state index contributed by atoms with van der Waals surface area (Å²) < 4.78 is 5.61. The van der Waals surface area contributed by atoms with Gasteiger partial charge < -0.3 is 20.7 Å². The molecule has 0 spiro atoms. The van der Waals surface area contributed by atoms with E-state index < -0.39 is 6.10 Å². The first-order valence-electron chi connectivity index (χ1n) is 8.63. The van der Waals surface area contributed by atoms with Crippen LogP contribution < -0.4 is 20.7 Å². The number of carbonyl (C=O) groups is 2. The Balaban J connectivity index is 0.00000225. The third-order valence-corrected chi connectivity index (χ3v) is 4.99. The highest BCUT2D eigenvalue weighted by atomic mass is 35.5. The number of rotatable bonds is 5. The molecule has 2 amide bonds. The lowest BCUT2D eigenvalue weighted by molar-refractivity contribution is -0.126. The zero-order chi connectivity index (χ0) is 17.2. The molecule has 3 N–H and O–H groups in total. The van der Waals surface area contributed by atoms with Crippen molar-refractivity contribution in [1.82, 2.24) is 5.32 Å². The van der Waals surface area contributed by atoms with Gasteiger partial charge in [-0.3, -0.25) is 9.59 Å². The van der Waals surface area contributed by atoms with Gasteiger partial charge in [-0.2, -0.15) is 0 Å². The number of nitrogens with zero attached hydrogens (tertiary/aromatic N) is 1. The Bertz CT molecular complexity index is 632. The number of anilines is 1. The molecule has 1 aromatic rings. The number of nitrogens with one attached hydrogen (secondary N) is 1. The Labute approximate surface area is 154 Å². The summed E-state index contributed by atoms with van der Waals surface area (Å²) in [5.74, 6) is 0.516. The molecule has 2 aliphatic rings. The molecule has 1 atom stereocenters. The van der Waals surface area contributed by atoms with Gasteiger partial charge >= 0.3 is 0 Å². The molecule has 0 saturated heterocycles. The Morgan fingerprint density at radius 2 is 2.04 bits per heavy atom. The minimum absolute atomic E-state index is 0. The first kappa shape index (κ1) is 19.5. The molecule has 7 heteroatoms. The van der Waals surface area contributed by atoms with E-state index in [0.29, 0.717) is 18.8 Å². The number of ether oxygens (including phenoxy) is 1. The van der Waals surface area contributed by atoms with Gasteiger partial charge in [-0.15, -0.1) is 12.4 Å². The average Bonchev–Trinajstić information content (AvgIpc) is 3.04. The quantitative estimate of drug-likeness (QED) is 0.833. The molecule has 1 aromatic carbocycles. The lowest BCUT2D eigenvalue weighted by Crippen LogP contribution is -2.52. The molecule has 1 fully saturated rings. The van der Waals surface area contributed by atoms with Crippen LogP contribution in [0.2, 0.25) is 0 Å². The predicted molar refractivity (Wildman–Crippen MR) is 99.1 cm³/mol. The van der Waals surface area contributed by atoms with Gasteiger partial charge in [-0.05, 0) is 31.9 Å². The van der Waals surface area contributed by atoms with E-state index in [-0.39, 0.29) is 36.2 Å². The van der Waals surface area contributed by atoms with Gasteiger partial charge in [0.05, 0.1) is 11.2 Å². The van der Waals surface area contributed by atoms with Crippen molar-refractivity contribution in [1.29, 1.82) is 0 Å². The molecular formula is C18H26ClN3O3. The maximum Gasteiger partial charge on any atom is 0.267 e. The number of nitrogens with two attached hydrogens (primary N) is 1. The van der Waals surface area contributed by atoms with Crippen LogP contribution in [0.1, 0.15) is 39.0 Å². The summed E-state index contributed by atoms with van der Waals surface area (Å²) in [5.41, 5.74) is 6.34. The summed E-state index contributed by atoms with van der Waals surface area (Å²) in [5, 5.41) is 3.10. The zero-order valence-electron chi connectivity index (χ0n) is 14.5. The second kappa shape index (κ2) is 8.06. The predicted octanol–water partition coefficient (Wildman–Crippen LogP) is 2.00. The molecule has 0 aromatic heterocycles. The largest absolute Gasteiger partial charge is 0.479 e. The SMILES string of the molecule is CC1Oc2ccccc2N(CCC(=O)NC2(CN)CCCC2)C1=O.Cl. The highest BCUT2D eigenvalue weighted by Crippen LogP contribution is 2.34. The molecule has 1 aliphatic carbocycles. The van der Waals surface area contributed by atoms with E-state index in [9.17, 15) is 9.59 Å². The van der Waals surface area contributed by atoms with Crippen LogP contribution >= 0.6 is 12.4 Å². The Morgan fingerprint density at radius 3 is 2.72 bits per heavy atom. The summed E-state index contributed by atoms with van der Waals surface area (Å²) >= 11 is 0. The van der Waals surface area contributed by atoms with Crippen molar-refractivity contribution in [3.8, 4) is 5.75 Å². The fourth-order valence-electron chi connectivity index (χ4n) is 3.59. The molecular weight excluding hydrogens is 342 g/mol. The molecule has 1 heterocycles. The van der Waals surface area contributed by atoms with Crippen molar-refractivity contribution in [2.75, 3.05) is 18.0 Å².